The molecule has 1 fully saturated rings. The van der Waals surface area contributed by atoms with Crippen LogP contribution in [0.4, 0.5) is 20.5 Å². The van der Waals surface area contributed by atoms with Gasteiger partial charge in [0.2, 0.25) is 12.2 Å². The molecule has 0 radical (unpaired) electrons. The number of hydrogen-bond donors (Lipinski definition) is 5. The SMILES string of the molecule is CNc1nc(N)nc2c1ncn2[C@@H]1O[C@H](CO[P@@](=O)(N[C@@H](C)C(=O)O)Oc2ccccc2)[C@@H](O)C1(F)F. The fourth-order valence-electron chi connectivity index (χ4n) is 3.56. The number of rotatable bonds is 10. The average molecular weight is 543 g/mol. The zero-order valence-electron chi connectivity index (χ0n) is 19.5. The van der Waals surface area contributed by atoms with Crippen molar-refractivity contribution in [2.45, 2.75) is 37.3 Å². The normalized spacial score (nSPS) is 23.4. The number of aliphatic hydroxyl groups excluding tert-OH is 1. The predicted molar refractivity (Wildman–Crippen MR) is 125 cm³/mol. The number of aliphatic hydroxyl groups is 1. The van der Waals surface area contributed by atoms with E-state index in [2.05, 4.69) is 25.4 Å². The van der Waals surface area contributed by atoms with Crippen molar-refractivity contribution in [2.24, 2.45) is 0 Å². The number of nitrogens with zero attached hydrogens (tertiary/aromatic N) is 4. The number of benzene rings is 1. The number of carbonyl (C=O) groups is 1. The number of carboxylic acids is 1. The van der Waals surface area contributed by atoms with Crippen molar-refractivity contribution in [3.63, 3.8) is 0 Å². The Hall–Kier alpha value is -3.43. The standard InChI is InChI=1S/C20H24F2N7O7P/c1-10(17(31)32)28-37(33,36-11-6-4-3-5-7-11)34-8-12-14(30)20(21,22)18(35-12)29-9-25-13-15(24-2)26-19(23)27-16(13)29/h3-7,9-10,12,14,18,30H,8H2,1-2H3,(H,28,33)(H,31,32)(H3,23,24,26,27)/t10-,12+,14+,18+,37-/m0/s1. The van der Waals surface area contributed by atoms with E-state index in [1.165, 1.54) is 26.1 Å². The van der Waals surface area contributed by atoms with Gasteiger partial charge in [-0.2, -0.15) is 23.8 Å². The molecule has 37 heavy (non-hydrogen) atoms. The summed E-state index contributed by atoms with van der Waals surface area (Å²) < 4.78 is 60.5. The molecule has 17 heteroatoms. The van der Waals surface area contributed by atoms with E-state index in [-0.39, 0.29) is 28.7 Å². The monoisotopic (exact) mass is 543 g/mol. The highest BCUT2D eigenvalue weighted by Gasteiger charge is 2.60. The van der Waals surface area contributed by atoms with Crippen LogP contribution < -0.4 is 20.7 Å². The number of aliphatic carboxylic acids is 1. The molecule has 0 unspecified atom stereocenters. The summed E-state index contributed by atoms with van der Waals surface area (Å²) in [4.78, 5) is 23.2. The highest BCUT2D eigenvalue weighted by Crippen LogP contribution is 2.48. The zero-order valence-corrected chi connectivity index (χ0v) is 20.4. The summed E-state index contributed by atoms with van der Waals surface area (Å²) in [6.45, 7) is 0.344. The number of fused-ring (bicyclic) bond motifs is 1. The van der Waals surface area contributed by atoms with Gasteiger partial charge in [-0.25, -0.2) is 9.55 Å². The Morgan fingerprint density at radius 1 is 1.35 bits per heavy atom. The van der Waals surface area contributed by atoms with Crippen molar-refractivity contribution in [1.29, 1.82) is 0 Å². The molecule has 1 saturated heterocycles. The van der Waals surface area contributed by atoms with E-state index < -0.39 is 50.7 Å². The Bertz CT molecular complexity index is 1330. The highest BCUT2D eigenvalue weighted by atomic mass is 31.2. The third kappa shape index (κ3) is 5.33. The number of para-hydroxylation sites is 1. The first kappa shape index (κ1) is 26.6. The van der Waals surface area contributed by atoms with Crippen LogP contribution in [-0.2, 0) is 18.6 Å². The van der Waals surface area contributed by atoms with Crippen molar-refractivity contribution >= 4 is 36.6 Å². The van der Waals surface area contributed by atoms with Crippen LogP contribution in [0.5, 0.6) is 5.75 Å². The first-order valence-corrected chi connectivity index (χ1v) is 12.4. The van der Waals surface area contributed by atoms with E-state index in [4.69, 9.17) is 19.5 Å². The quantitative estimate of drug-likeness (QED) is 0.232. The van der Waals surface area contributed by atoms with Crippen LogP contribution >= 0.6 is 7.75 Å². The van der Waals surface area contributed by atoms with E-state index in [0.29, 0.717) is 0 Å². The number of hydrogen-bond acceptors (Lipinski definition) is 11. The van der Waals surface area contributed by atoms with Crippen molar-refractivity contribution in [3.05, 3.63) is 36.7 Å². The first-order chi connectivity index (χ1) is 17.4. The average Bonchev–Trinajstić information content (AvgIpc) is 3.35. The molecular weight excluding hydrogens is 519 g/mol. The maximum Gasteiger partial charge on any atom is 0.459 e. The number of nitrogen functional groups attached to an aromatic ring is 1. The van der Waals surface area contributed by atoms with Crippen LogP contribution in [-0.4, -0.2) is 73.5 Å². The molecule has 0 bridgehead atoms. The first-order valence-electron chi connectivity index (χ1n) is 10.8. The second-order valence-electron chi connectivity index (χ2n) is 8.04. The van der Waals surface area contributed by atoms with Crippen molar-refractivity contribution in [2.75, 3.05) is 24.7 Å². The number of nitrogens with one attached hydrogen (secondary N) is 2. The summed E-state index contributed by atoms with van der Waals surface area (Å²) in [6.07, 6.45) is -5.15. The van der Waals surface area contributed by atoms with Gasteiger partial charge in [-0.05, 0) is 19.1 Å². The minimum absolute atomic E-state index is 0.0644. The second-order valence-corrected chi connectivity index (χ2v) is 9.73. The molecule has 6 N–H and O–H groups in total. The molecule has 5 atom stereocenters. The third-order valence-electron chi connectivity index (χ3n) is 5.41. The van der Waals surface area contributed by atoms with Crippen LogP contribution in [0.15, 0.2) is 36.7 Å². The van der Waals surface area contributed by atoms with Gasteiger partial charge in [0.25, 0.3) is 0 Å². The molecule has 1 aliphatic heterocycles. The minimum atomic E-state index is -4.44. The topological polar surface area (TPSA) is 196 Å². The Balaban J connectivity index is 1.58. The number of carboxylic acid groups (broad SMARTS) is 1. The van der Waals surface area contributed by atoms with Gasteiger partial charge in [0, 0.05) is 7.05 Å². The molecular formula is C20H24F2N7O7P. The van der Waals surface area contributed by atoms with Gasteiger partial charge in [0.05, 0.1) is 12.9 Å². The van der Waals surface area contributed by atoms with E-state index in [1.54, 1.807) is 18.2 Å². The van der Waals surface area contributed by atoms with E-state index >= 15 is 8.78 Å². The third-order valence-corrected chi connectivity index (χ3v) is 7.05. The van der Waals surface area contributed by atoms with Crippen LogP contribution in [0.1, 0.15) is 13.2 Å². The fourth-order valence-corrected chi connectivity index (χ4v) is 5.07. The van der Waals surface area contributed by atoms with Gasteiger partial charge in [0.1, 0.15) is 17.9 Å². The van der Waals surface area contributed by atoms with E-state index in [9.17, 15) is 19.6 Å². The molecule has 1 aromatic carbocycles. The van der Waals surface area contributed by atoms with Gasteiger partial charge in [-0.1, -0.05) is 18.2 Å². The summed E-state index contributed by atoms with van der Waals surface area (Å²) in [7, 11) is -2.90. The Kier molecular flexibility index (Phi) is 7.30. The van der Waals surface area contributed by atoms with Crippen molar-refractivity contribution < 1.29 is 42.1 Å². The van der Waals surface area contributed by atoms with Gasteiger partial charge < -0.3 is 30.5 Å². The van der Waals surface area contributed by atoms with Crippen molar-refractivity contribution in [1.82, 2.24) is 24.6 Å². The molecule has 200 valence electrons. The summed E-state index contributed by atoms with van der Waals surface area (Å²) >= 11 is 0. The second kappa shape index (κ2) is 10.1. The lowest BCUT2D eigenvalue weighted by atomic mass is 10.1. The maximum atomic E-state index is 15.1. The number of aromatic nitrogens is 4. The largest absolute Gasteiger partial charge is 0.480 e. The smallest absolute Gasteiger partial charge is 0.459 e. The summed E-state index contributed by atoms with van der Waals surface area (Å²) in [5.41, 5.74) is 5.73. The van der Waals surface area contributed by atoms with Crippen LogP contribution in [0, 0.1) is 0 Å². The maximum absolute atomic E-state index is 15.1. The lowest BCUT2D eigenvalue weighted by molar-refractivity contribution is -0.138. The van der Waals surface area contributed by atoms with Crippen molar-refractivity contribution in [3.8, 4) is 5.75 Å². The Morgan fingerprint density at radius 3 is 2.70 bits per heavy atom. The molecule has 0 aliphatic carbocycles. The Labute approximate surface area is 208 Å². The number of halogens is 2. The number of alkyl halides is 2. The van der Waals surface area contributed by atoms with Gasteiger partial charge >= 0.3 is 19.6 Å². The van der Waals surface area contributed by atoms with E-state index in [0.717, 1.165) is 10.9 Å². The molecule has 0 amide bonds. The Morgan fingerprint density at radius 2 is 2.05 bits per heavy atom. The molecule has 3 heterocycles. The molecule has 2 aromatic heterocycles. The van der Waals surface area contributed by atoms with Gasteiger partial charge in [0.15, 0.2) is 23.1 Å². The zero-order chi connectivity index (χ0) is 27.0. The highest BCUT2D eigenvalue weighted by molar-refractivity contribution is 7.52. The number of nitrogens with two attached hydrogens (primary N) is 1. The molecule has 14 nitrogen and oxygen atoms in total. The molecule has 3 aromatic rings. The fraction of sp³-hybridized carbons (Fsp3) is 0.400. The molecule has 4 rings (SSSR count). The van der Waals surface area contributed by atoms with Gasteiger partial charge in [-0.3, -0.25) is 13.9 Å². The van der Waals surface area contributed by atoms with Crippen LogP contribution in [0.2, 0.25) is 0 Å². The summed E-state index contributed by atoms with van der Waals surface area (Å²) in [5, 5.41) is 24.5. The predicted octanol–water partition coefficient (Wildman–Crippen LogP) is 1.61. The molecule has 1 aliphatic rings. The van der Waals surface area contributed by atoms with Crippen LogP contribution in [0.3, 0.4) is 0 Å². The number of ether oxygens (including phenoxy) is 1. The summed E-state index contributed by atoms with van der Waals surface area (Å²) in [6, 6.07) is 6.29. The molecule has 0 saturated carbocycles. The van der Waals surface area contributed by atoms with Gasteiger partial charge in [-0.15, -0.1) is 0 Å². The van der Waals surface area contributed by atoms with Crippen LogP contribution in [0.25, 0.3) is 11.2 Å². The lowest BCUT2D eigenvalue weighted by Gasteiger charge is -2.23. The number of anilines is 2. The summed E-state index contributed by atoms with van der Waals surface area (Å²) in [5.74, 6) is -5.18. The van der Waals surface area contributed by atoms with E-state index in [1.807, 2.05) is 0 Å². The lowest BCUT2D eigenvalue weighted by Crippen LogP contribution is -2.40. The minimum Gasteiger partial charge on any atom is -0.480 e. The number of imidazole rings is 1. The molecule has 0 spiro atoms.